The highest BCUT2D eigenvalue weighted by Gasteiger charge is 2.06. The largest absolute Gasteiger partial charge is 0.489 e. The smallest absolute Gasteiger partial charge is 0.337 e. The number of ether oxygens (including phenoxy) is 2. The van der Waals surface area contributed by atoms with Gasteiger partial charge in [-0.2, -0.15) is 0 Å². The highest BCUT2D eigenvalue weighted by atomic mass is 79.9. The lowest BCUT2D eigenvalue weighted by Crippen LogP contribution is -2.02. The second-order valence-corrected chi connectivity index (χ2v) is 5.64. The van der Waals surface area contributed by atoms with Gasteiger partial charge in [0.25, 0.3) is 0 Å². The van der Waals surface area contributed by atoms with Gasteiger partial charge in [0.2, 0.25) is 0 Å². The maximum atomic E-state index is 11.4. The Kier molecular flexibility index (Phi) is 5.02. The zero-order valence-electron chi connectivity index (χ0n) is 12.3. The summed E-state index contributed by atoms with van der Waals surface area (Å²) in [6.45, 7) is 4.53. The first-order chi connectivity index (χ1) is 10.0. The third-order valence-corrected chi connectivity index (χ3v) is 4.44. The number of carbonyl (C=O) groups is 1. The molecule has 0 spiro atoms. The molecule has 0 aliphatic rings. The van der Waals surface area contributed by atoms with E-state index >= 15 is 0 Å². The molecule has 2 aromatic carbocycles. The molecule has 0 aliphatic heterocycles. The summed E-state index contributed by atoms with van der Waals surface area (Å²) in [6, 6.07) is 11.2. The molecule has 110 valence electrons. The number of benzene rings is 2. The number of halogens is 1. The number of esters is 1. The first-order valence-corrected chi connectivity index (χ1v) is 7.37. The van der Waals surface area contributed by atoms with Crippen molar-refractivity contribution in [2.75, 3.05) is 7.11 Å². The number of carbonyl (C=O) groups excluding carboxylic acids is 1. The summed E-state index contributed by atoms with van der Waals surface area (Å²) >= 11 is 3.54. The van der Waals surface area contributed by atoms with Crippen LogP contribution in [0.2, 0.25) is 0 Å². The average Bonchev–Trinajstić information content (AvgIpc) is 2.50. The van der Waals surface area contributed by atoms with Gasteiger partial charge >= 0.3 is 5.97 Å². The molecule has 21 heavy (non-hydrogen) atoms. The molecule has 2 rings (SSSR count). The molecule has 0 N–H and O–H groups in total. The summed E-state index contributed by atoms with van der Waals surface area (Å²) in [4.78, 5) is 11.4. The number of methoxy groups -OCH3 is 1. The van der Waals surface area contributed by atoms with Crippen molar-refractivity contribution >= 4 is 21.9 Å². The molecule has 0 amide bonds. The van der Waals surface area contributed by atoms with Gasteiger partial charge in [0.15, 0.2) is 0 Å². The van der Waals surface area contributed by atoms with Crippen LogP contribution < -0.4 is 4.74 Å². The highest BCUT2D eigenvalue weighted by Crippen LogP contribution is 2.26. The van der Waals surface area contributed by atoms with Crippen LogP contribution >= 0.6 is 15.9 Å². The van der Waals surface area contributed by atoms with Gasteiger partial charge in [0, 0.05) is 4.47 Å². The molecular weight excluding hydrogens is 332 g/mol. The van der Waals surface area contributed by atoms with Crippen LogP contribution in [0.3, 0.4) is 0 Å². The molecule has 4 heteroatoms. The van der Waals surface area contributed by atoms with Gasteiger partial charge < -0.3 is 9.47 Å². The molecule has 0 heterocycles. The van der Waals surface area contributed by atoms with Crippen LogP contribution in [0.15, 0.2) is 40.9 Å². The first kappa shape index (κ1) is 15.6. The second kappa shape index (κ2) is 6.76. The van der Waals surface area contributed by atoms with Gasteiger partial charge in [-0.3, -0.25) is 0 Å². The molecule has 0 radical (unpaired) electrons. The molecule has 0 saturated carbocycles. The summed E-state index contributed by atoms with van der Waals surface area (Å²) in [5.74, 6) is 0.506. The van der Waals surface area contributed by atoms with E-state index < -0.39 is 0 Å². The number of rotatable bonds is 4. The third-order valence-electron chi connectivity index (χ3n) is 3.19. The zero-order valence-corrected chi connectivity index (χ0v) is 13.9. The summed E-state index contributed by atoms with van der Waals surface area (Å²) < 4.78 is 11.6. The van der Waals surface area contributed by atoms with Gasteiger partial charge in [-0.15, -0.1) is 0 Å². The summed E-state index contributed by atoms with van der Waals surface area (Å²) in [5.41, 5.74) is 3.83. The van der Waals surface area contributed by atoms with E-state index in [1.54, 1.807) is 12.1 Å². The fraction of sp³-hybridized carbons (Fsp3) is 0.235. The second-order valence-electron chi connectivity index (χ2n) is 4.85. The van der Waals surface area contributed by atoms with Crippen molar-refractivity contribution in [1.29, 1.82) is 0 Å². The normalized spacial score (nSPS) is 10.3. The number of hydrogen-bond donors (Lipinski definition) is 0. The maximum Gasteiger partial charge on any atom is 0.337 e. The van der Waals surface area contributed by atoms with Crippen molar-refractivity contribution < 1.29 is 14.3 Å². The Hall–Kier alpha value is -1.81. The molecule has 0 atom stereocenters. The molecule has 2 aromatic rings. The Bertz CT molecular complexity index is 625. The third kappa shape index (κ3) is 3.85. The van der Waals surface area contributed by atoms with Crippen LogP contribution in [0.1, 0.15) is 27.0 Å². The SMILES string of the molecule is COC(=O)c1ccc(COc2cc(C)c(Br)c(C)c2)cc1. The minimum Gasteiger partial charge on any atom is -0.489 e. The van der Waals surface area contributed by atoms with E-state index in [1.807, 2.05) is 38.1 Å². The monoisotopic (exact) mass is 348 g/mol. The van der Waals surface area contributed by atoms with E-state index in [0.717, 1.165) is 26.9 Å². The quantitative estimate of drug-likeness (QED) is 0.766. The van der Waals surface area contributed by atoms with Gasteiger partial charge in [0.1, 0.15) is 12.4 Å². The van der Waals surface area contributed by atoms with E-state index in [2.05, 4.69) is 20.7 Å². The summed E-state index contributed by atoms with van der Waals surface area (Å²) in [7, 11) is 1.37. The van der Waals surface area contributed by atoms with Crippen LogP contribution in [0.5, 0.6) is 5.75 Å². The summed E-state index contributed by atoms with van der Waals surface area (Å²) in [5, 5.41) is 0. The predicted octanol–water partition coefficient (Wildman–Crippen LogP) is 4.43. The fourth-order valence-electron chi connectivity index (χ4n) is 2.01. The molecule has 0 aliphatic carbocycles. The van der Waals surface area contributed by atoms with Crippen LogP contribution in [0.4, 0.5) is 0 Å². The summed E-state index contributed by atoms with van der Waals surface area (Å²) in [6.07, 6.45) is 0. The Labute approximate surface area is 133 Å². The Balaban J connectivity index is 2.05. The Morgan fingerprint density at radius 3 is 2.19 bits per heavy atom. The average molecular weight is 349 g/mol. The first-order valence-electron chi connectivity index (χ1n) is 6.58. The number of hydrogen-bond acceptors (Lipinski definition) is 3. The van der Waals surface area contributed by atoms with Crippen molar-refractivity contribution in [3.8, 4) is 5.75 Å². The molecule has 0 saturated heterocycles. The van der Waals surface area contributed by atoms with E-state index in [0.29, 0.717) is 12.2 Å². The van der Waals surface area contributed by atoms with Crippen LogP contribution in [0.25, 0.3) is 0 Å². The fourth-order valence-corrected chi connectivity index (χ4v) is 2.24. The Morgan fingerprint density at radius 1 is 1.10 bits per heavy atom. The molecular formula is C17H17BrO3. The zero-order chi connectivity index (χ0) is 15.4. The van der Waals surface area contributed by atoms with Crippen molar-refractivity contribution in [2.24, 2.45) is 0 Å². The van der Waals surface area contributed by atoms with Gasteiger partial charge in [0.05, 0.1) is 12.7 Å². The predicted molar refractivity (Wildman–Crippen MR) is 85.7 cm³/mol. The van der Waals surface area contributed by atoms with Crippen molar-refractivity contribution in [1.82, 2.24) is 0 Å². The van der Waals surface area contributed by atoms with Crippen LogP contribution in [-0.2, 0) is 11.3 Å². The number of aryl methyl sites for hydroxylation is 2. The maximum absolute atomic E-state index is 11.4. The minimum absolute atomic E-state index is 0.332. The van der Waals surface area contributed by atoms with Crippen LogP contribution in [-0.4, -0.2) is 13.1 Å². The standard InChI is InChI=1S/C17H17BrO3/c1-11-8-15(9-12(2)16(11)18)21-10-13-4-6-14(7-5-13)17(19)20-3/h4-9H,10H2,1-3H3. The minimum atomic E-state index is -0.332. The van der Waals surface area contributed by atoms with E-state index in [-0.39, 0.29) is 5.97 Å². The van der Waals surface area contributed by atoms with Crippen molar-refractivity contribution in [3.05, 3.63) is 63.1 Å². The van der Waals surface area contributed by atoms with Gasteiger partial charge in [-0.25, -0.2) is 4.79 Å². The molecule has 0 aromatic heterocycles. The van der Waals surface area contributed by atoms with E-state index in [4.69, 9.17) is 4.74 Å². The lowest BCUT2D eigenvalue weighted by atomic mass is 10.1. The lowest BCUT2D eigenvalue weighted by molar-refractivity contribution is 0.0600. The van der Waals surface area contributed by atoms with Gasteiger partial charge in [-0.05, 0) is 54.8 Å². The van der Waals surface area contributed by atoms with Gasteiger partial charge in [-0.1, -0.05) is 28.1 Å². The molecule has 0 unspecified atom stereocenters. The molecule has 0 fully saturated rings. The molecule has 0 bridgehead atoms. The highest BCUT2D eigenvalue weighted by molar-refractivity contribution is 9.10. The van der Waals surface area contributed by atoms with E-state index in [9.17, 15) is 4.79 Å². The Morgan fingerprint density at radius 2 is 1.67 bits per heavy atom. The molecule has 3 nitrogen and oxygen atoms in total. The van der Waals surface area contributed by atoms with Crippen LogP contribution in [0, 0.1) is 13.8 Å². The topological polar surface area (TPSA) is 35.5 Å². The van der Waals surface area contributed by atoms with Crippen molar-refractivity contribution in [3.63, 3.8) is 0 Å². The van der Waals surface area contributed by atoms with Crippen molar-refractivity contribution in [2.45, 2.75) is 20.5 Å². The lowest BCUT2D eigenvalue weighted by Gasteiger charge is -2.10. The van der Waals surface area contributed by atoms with E-state index in [1.165, 1.54) is 7.11 Å².